The van der Waals surface area contributed by atoms with E-state index in [1.165, 1.54) is 5.56 Å². The normalized spacial score (nSPS) is 10.3. The molecule has 0 spiro atoms. The number of amides is 1. The maximum atomic E-state index is 12.2. The Morgan fingerprint density at radius 2 is 1.80 bits per heavy atom. The van der Waals surface area contributed by atoms with E-state index >= 15 is 0 Å². The summed E-state index contributed by atoms with van der Waals surface area (Å²) in [5, 5.41) is 11.2. The third kappa shape index (κ3) is 4.01. The SMILES string of the molecule is CCN(c1cccc(C)c1)c1ccc(NC(=O)c2ccccc2)nn1. The largest absolute Gasteiger partial charge is 0.325 e. The summed E-state index contributed by atoms with van der Waals surface area (Å²) < 4.78 is 0. The van der Waals surface area contributed by atoms with E-state index in [4.69, 9.17) is 0 Å². The van der Waals surface area contributed by atoms with Crippen molar-refractivity contribution in [1.29, 1.82) is 0 Å². The number of benzene rings is 2. The van der Waals surface area contributed by atoms with E-state index < -0.39 is 0 Å². The molecule has 0 saturated carbocycles. The molecule has 0 unspecified atom stereocenters. The smallest absolute Gasteiger partial charge is 0.256 e. The average Bonchev–Trinajstić information content (AvgIpc) is 2.64. The maximum Gasteiger partial charge on any atom is 0.256 e. The predicted octanol–water partition coefficient (Wildman–Crippen LogP) is 4.20. The first-order valence-corrected chi connectivity index (χ1v) is 8.21. The Labute approximate surface area is 147 Å². The number of aryl methyl sites for hydroxylation is 1. The van der Waals surface area contributed by atoms with Crippen LogP contribution in [-0.2, 0) is 0 Å². The van der Waals surface area contributed by atoms with E-state index in [-0.39, 0.29) is 5.91 Å². The van der Waals surface area contributed by atoms with Crippen LogP contribution in [-0.4, -0.2) is 22.6 Å². The lowest BCUT2D eigenvalue weighted by atomic mass is 10.2. The van der Waals surface area contributed by atoms with Crippen molar-refractivity contribution in [3.63, 3.8) is 0 Å². The molecule has 25 heavy (non-hydrogen) atoms. The third-order valence-electron chi connectivity index (χ3n) is 3.83. The number of hydrogen-bond acceptors (Lipinski definition) is 4. The van der Waals surface area contributed by atoms with E-state index in [2.05, 4.69) is 46.4 Å². The molecule has 3 rings (SSSR count). The lowest BCUT2D eigenvalue weighted by Gasteiger charge is -2.22. The number of carbonyl (C=O) groups excluding carboxylic acids is 1. The molecule has 0 fully saturated rings. The van der Waals surface area contributed by atoms with Gasteiger partial charge in [-0.25, -0.2) is 0 Å². The van der Waals surface area contributed by atoms with Crippen molar-refractivity contribution in [1.82, 2.24) is 10.2 Å². The number of hydrogen-bond donors (Lipinski definition) is 1. The van der Waals surface area contributed by atoms with Crippen molar-refractivity contribution in [3.8, 4) is 0 Å². The summed E-state index contributed by atoms with van der Waals surface area (Å²) in [6, 6.07) is 20.9. The zero-order chi connectivity index (χ0) is 17.6. The summed E-state index contributed by atoms with van der Waals surface area (Å²) in [7, 11) is 0. The standard InChI is InChI=1S/C20H20N4O/c1-3-24(17-11-7-8-15(2)14-17)19-13-12-18(22-23-19)21-20(25)16-9-5-4-6-10-16/h4-14H,3H2,1-2H3,(H,21,22,25). The minimum Gasteiger partial charge on any atom is -0.325 e. The summed E-state index contributed by atoms with van der Waals surface area (Å²) in [6.45, 7) is 4.90. The van der Waals surface area contributed by atoms with Gasteiger partial charge in [0.15, 0.2) is 11.6 Å². The van der Waals surface area contributed by atoms with Gasteiger partial charge in [0.2, 0.25) is 0 Å². The fourth-order valence-corrected chi connectivity index (χ4v) is 2.59. The van der Waals surface area contributed by atoms with E-state index in [1.807, 2.05) is 36.4 Å². The predicted molar refractivity (Wildman–Crippen MR) is 100 cm³/mol. The van der Waals surface area contributed by atoms with E-state index in [0.717, 1.165) is 18.1 Å². The third-order valence-corrected chi connectivity index (χ3v) is 3.83. The van der Waals surface area contributed by atoms with Gasteiger partial charge in [0, 0.05) is 17.8 Å². The molecule has 0 bridgehead atoms. The average molecular weight is 332 g/mol. The molecule has 5 nitrogen and oxygen atoms in total. The van der Waals surface area contributed by atoms with Crippen molar-refractivity contribution in [3.05, 3.63) is 77.9 Å². The van der Waals surface area contributed by atoms with Gasteiger partial charge in [0.25, 0.3) is 5.91 Å². The van der Waals surface area contributed by atoms with Crippen LogP contribution in [0.2, 0.25) is 0 Å². The van der Waals surface area contributed by atoms with Crippen LogP contribution >= 0.6 is 0 Å². The first-order chi connectivity index (χ1) is 12.2. The summed E-state index contributed by atoms with van der Waals surface area (Å²) in [6.07, 6.45) is 0. The van der Waals surface area contributed by atoms with Gasteiger partial charge in [0.05, 0.1) is 0 Å². The van der Waals surface area contributed by atoms with Crippen LogP contribution in [0.25, 0.3) is 0 Å². The van der Waals surface area contributed by atoms with E-state index in [0.29, 0.717) is 11.4 Å². The van der Waals surface area contributed by atoms with Crippen LogP contribution in [0, 0.1) is 6.92 Å². The molecule has 0 aliphatic carbocycles. The number of nitrogens with zero attached hydrogens (tertiary/aromatic N) is 3. The molecule has 1 heterocycles. The highest BCUT2D eigenvalue weighted by atomic mass is 16.1. The molecular formula is C20H20N4O. The van der Waals surface area contributed by atoms with Crippen molar-refractivity contribution in [2.24, 2.45) is 0 Å². The maximum absolute atomic E-state index is 12.2. The quantitative estimate of drug-likeness (QED) is 0.761. The van der Waals surface area contributed by atoms with Crippen molar-refractivity contribution in [2.75, 3.05) is 16.8 Å². The molecule has 0 saturated heterocycles. The summed E-state index contributed by atoms with van der Waals surface area (Å²) in [5.74, 6) is 0.970. The van der Waals surface area contributed by atoms with Crippen LogP contribution in [0.15, 0.2) is 66.7 Å². The van der Waals surface area contributed by atoms with Gasteiger partial charge in [0.1, 0.15) is 0 Å². The minimum atomic E-state index is -0.200. The first kappa shape index (κ1) is 16.6. The molecule has 0 aliphatic heterocycles. The zero-order valence-corrected chi connectivity index (χ0v) is 14.3. The molecule has 0 radical (unpaired) electrons. The molecule has 126 valence electrons. The highest BCUT2D eigenvalue weighted by Crippen LogP contribution is 2.24. The Kier molecular flexibility index (Phi) is 5.04. The number of aromatic nitrogens is 2. The van der Waals surface area contributed by atoms with Gasteiger partial charge >= 0.3 is 0 Å². The Morgan fingerprint density at radius 3 is 2.44 bits per heavy atom. The molecule has 3 aromatic rings. The fourth-order valence-electron chi connectivity index (χ4n) is 2.59. The fraction of sp³-hybridized carbons (Fsp3) is 0.150. The van der Waals surface area contributed by atoms with Gasteiger partial charge in [-0.05, 0) is 55.8 Å². The van der Waals surface area contributed by atoms with Gasteiger partial charge in [-0.15, -0.1) is 10.2 Å². The van der Waals surface area contributed by atoms with Gasteiger partial charge in [-0.3, -0.25) is 4.79 Å². The van der Waals surface area contributed by atoms with Crippen LogP contribution in [0.4, 0.5) is 17.3 Å². The zero-order valence-electron chi connectivity index (χ0n) is 14.3. The summed E-state index contributed by atoms with van der Waals surface area (Å²) >= 11 is 0. The highest BCUT2D eigenvalue weighted by Gasteiger charge is 2.11. The number of carbonyl (C=O) groups is 1. The molecule has 5 heteroatoms. The Bertz CT molecular complexity index is 847. The molecular weight excluding hydrogens is 312 g/mol. The van der Waals surface area contributed by atoms with Crippen LogP contribution in [0.3, 0.4) is 0 Å². The monoisotopic (exact) mass is 332 g/mol. The Morgan fingerprint density at radius 1 is 1.00 bits per heavy atom. The molecule has 0 aliphatic rings. The molecule has 1 aromatic heterocycles. The topological polar surface area (TPSA) is 58.1 Å². The van der Waals surface area contributed by atoms with Crippen molar-refractivity contribution >= 4 is 23.2 Å². The number of rotatable bonds is 5. The second-order valence-electron chi connectivity index (χ2n) is 5.68. The van der Waals surface area contributed by atoms with Crippen LogP contribution in [0.1, 0.15) is 22.8 Å². The van der Waals surface area contributed by atoms with Crippen LogP contribution in [0.5, 0.6) is 0 Å². The van der Waals surface area contributed by atoms with E-state index in [1.54, 1.807) is 18.2 Å². The van der Waals surface area contributed by atoms with Crippen molar-refractivity contribution in [2.45, 2.75) is 13.8 Å². The van der Waals surface area contributed by atoms with Gasteiger partial charge in [-0.2, -0.15) is 0 Å². The minimum absolute atomic E-state index is 0.200. The summed E-state index contributed by atoms with van der Waals surface area (Å²) in [4.78, 5) is 14.2. The number of anilines is 3. The Balaban J connectivity index is 1.76. The summed E-state index contributed by atoms with van der Waals surface area (Å²) in [5.41, 5.74) is 2.84. The molecule has 2 aromatic carbocycles. The van der Waals surface area contributed by atoms with Crippen LogP contribution < -0.4 is 10.2 Å². The van der Waals surface area contributed by atoms with Crippen molar-refractivity contribution < 1.29 is 4.79 Å². The Hall–Kier alpha value is -3.21. The second kappa shape index (κ2) is 7.57. The highest BCUT2D eigenvalue weighted by molar-refractivity contribution is 6.03. The van der Waals surface area contributed by atoms with E-state index in [9.17, 15) is 4.79 Å². The second-order valence-corrected chi connectivity index (χ2v) is 5.68. The molecule has 1 N–H and O–H groups in total. The first-order valence-electron chi connectivity index (χ1n) is 8.21. The van der Waals surface area contributed by atoms with Gasteiger partial charge in [-0.1, -0.05) is 30.3 Å². The lowest BCUT2D eigenvalue weighted by Crippen LogP contribution is -2.19. The number of nitrogens with one attached hydrogen (secondary N) is 1. The molecule has 0 atom stereocenters. The molecule has 1 amide bonds. The lowest BCUT2D eigenvalue weighted by molar-refractivity contribution is 0.102. The van der Waals surface area contributed by atoms with Gasteiger partial charge < -0.3 is 10.2 Å².